The number of aliphatic hydroxyl groups excluding tert-OH is 2. The summed E-state index contributed by atoms with van der Waals surface area (Å²) in [5.41, 5.74) is 3.78. The van der Waals surface area contributed by atoms with Crippen LogP contribution < -0.4 is 0 Å². The van der Waals surface area contributed by atoms with Crippen molar-refractivity contribution in [2.75, 3.05) is 13.7 Å². The predicted octanol–water partition coefficient (Wildman–Crippen LogP) is 2.90. The highest BCUT2D eigenvalue weighted by Gasteiger charge is 2.05. The van der Waals surface area contributed by atoms with Gasteiger partial charge in [0.15, 0.2) is 0 Å². The van der Waals surface area contributed by atoms with Crippen molar-refractivity contribution < 1.29 is 10.2 Å². The number of aromatic nitrogens is 3. The number of rotatable bonds is 6. The fourth-order valence-corrected chi connectivity index (χ4v) is 2.24. The minimum atomic E-state index is 0.190. The molecule has 4 N–H and O–H groups in total. The molecule has 0 aromatic carbocycles. The molecule has 29 heavy (non-hydrogen) atoms. The molecule has 3 heterocycles. The number of nitrogens with one attached hydrogen (secondary N) is 2. The van der Waals surface area contributed by atoms with Crippen molar-refractivity contribution in [2.24, 2.45) is 0 Å². The Morgan fingerprint density at radius 2 is 1.38 bits per heavy atom. The first-order valence-corrected chi connectivity index (χ1v) is 9.10. The first-order chi connectivity index (χ1) is 14.1. The Balaban J connectivity index is 0.000000268. The van der Waals surface area contributed by atoms with Crippen LogP contribution in [0, 0.1) is 10.8 Å². The van der Waals surface area contributed by atoms with E-state index < -0.39 is 0 Å². The standard InChI is InChI=1S/C11H9N3.C10H14N2O.CH4O/c12-11(9-5-1-3-7-13-9)10-6-2-4-8-14-10;1-8(11)10-6-2-4-9(12-10)5-3-7-13;1-2/h1-8,12H;2,4,6,11,13H,3,5,7H2,1H3;2H,1H3. The van der Waals surface area contributed by atoms with E-state index in [1.165, 1.54) is 0 Å². The minimum Gasteiger partial charge on any atom is -0.400 e. The summed E-state index contributed by atoms with van der Waals surface area (Å²) in [5.74, 6) is 0. The number of aryl methyl sites for hydroxylation is 1. The van der Waals surface area contributed by atoms with E-state index in [4.69, 9.17) is 21.0 Å². The summed E-state index contributed by atoms with van der Waals surface area (Å²) in [4.78, 5) is 12.5. The van der Waals surface area contributed by atoms with Crippen molar-refractivity contribution in [2.45, 2.75) is 19.8 Å². The Morgan fingerprint density at radius 1 is 0.828 bits per heavy atom. The maximum absolute atomic E-state index is 8.64. The second-order valence-electron chi connectivity index (χ2n) is 5.77. The molecule has 0 amide bonds. The largest absolute Gasteiger partial charge is 0.400 e. The second kappa shape index (κ2) is 13.8. The highest BCUT2D eigenvalue weighted by Crippen LogP contribution is 2.04. The van der Waals surface area contributed by atoms with Gasteiger partial charge in [0.2, 0.25) is 0 Å². The van der Waals surface area contributed by atoms with Crippen LogP contribution in [0.1, 0.15) is 36.1 Å². The molecule has 0 aliphatic heterocycles. The van der Waals surface area contributed by atoms with Gasteiger partial charge in [-0.25, -0.2) is 0 Å². The Morgan fingerprint density at radius 3 is 1.83 bits per heavy atom. The summed E-state index contributed by atoms with van der Waals surface area (Å²) in [7, 11) is 1.00. The van der Waals surface area contributed by atoms with Crippen LogP contribution in [-0.4, -0.2) is 50.3 Å². The fourth-order valence-electron chi connectivity index (χ4n) is 2.24. The molecule has 152 valence electrons. The van der Waals surface area contributed by atoms with Crippen LogP contribution in [0.3, 0.4) is 0 Å². The van der Waals surface area contributed by atoms with Crippen molar-refractivity contribution in [3.8, 4) is 0 Å². The summed E-state index contributed by atoms with van der Waals surface area (Å²) in [6.45, 7) is 1.91. The molecule has 0 bridgehead atoms. The molecule has 7 heteroatoms. The molecule has 3 aromatic heterocycles. The minimum absolute atomic E-state index is 0.190. The maximum Gasteiger partial charge on any atom is 0.105 e. The smallest absolute Gasteiger partial charge is 0.105 e. The third-order valence-corrected chi connectivity index (χ3v) is 3.62. The van der Waals surface area contributed by atoms with Crippen LogP contribution in [0.5, 0.6) is 0 Å². The Labute approximate surface area is 171 Å². The van der Waals surface area contributed by atoms with E-state index in [-0.39, 0.29) is 6.61 Å². The maximum atomic E-state index is 8.64. The molecule has 0 spiro atoms. The molecule has 3 rings (SSSR count). The van der Waals surface area contributed by atoms with E-state index in [1.807, 2.05) is 42.5 Å². The Bertz CT molecular complexity index is 829. The molecule has 0 atom stereocenters. The van der Waals surface area contributed by atoms with Gasteiger partial charge in [0.25, 0.3) is 0 Å². The van der Waals surface area contributed by atoms with Gasteiger partial charge in [0, 0.05) is 31.8 Å². The lowest BCUT2D eigenvalue weighted by molar-refractivity contribution is 0.288. The first-order valence-electron chi connectivity index (χ1n) is 9.10. The molecule has 0 aliphatic carbocycles. The molecular formula is C22H27N5O2. The summed E-state index contributed by atoms with van der Waals surface area (Å²) >= 11 is 0. The average molecular weight is 393 g/mol. The van der Waals surface area contributed by atoms with E-state index in [0.29, 0.717) is 22.8 Å². The van der Waals surface area contributed by atoms with Gasteiger partial charge in [-0.05, 0) is 56.2 Å². The topological polar surface area (TPSA) is 127 Å². The molecule has 3 aromatic rings. The van der Waals surface area contributed by atoms with E-state index in [1.54, 1.807) is 31.5 Å². The number of hydrogen-bond acceptors (Lipinski definition) is 7. The van der Waals surface area contributed by atoms with Gasteiger partial charge >= 0.3 is 0 Å². The van der Waals surface area contributed by atoms with E-state index in [0.717, 1.165) is 31.3 Å². The van der Waals surface area contributed by atoms with Gasteiger partial charge in [-0.15, -0.1) is 0 Å². The third-order valence-electron chi connectivity index (χ3n) is 3.62. The molecule has 0 radical (unpaired) electrons. The van der Waals surface area contributed by atoms with Crippen molar-refractivity contribution in [1.29, 1.82) is 10.8 Å². The molecular weight excluding hydrogens is 366 g/mol. The zero-order valence-corrected chi connectivity index (χ0v) is 16.7. The fraction of sp³-hybridized carbons (Fsp3) is 0.227. The van der Waals surface area contributed by atoms with Crippen molar-refractivity contribution >= 4 is 11.4 Å². The molecule has 0 saturated carbocycles. The Kier molecular flexibility index (Phi) is 11.3. The lowest BCUT2D eigenvalue weighted by Crippen LogP contribution is -2.05. The zero-order valence-electron chi connectivity index (χ0n) is 16.7. The van der Waals surface area contributed by atoms with Gasteiger partial charge in [-0.1, -0.05) is 18.2 Å². The Hall–Kier alpha value is -3.29. The van der Waals surface area contributed by atoms with Crippen LogP contribution in [0.15, 0.2) is 67.0 Å². The summed E-state index contributed by atoms with van der Waals surface area (Å²) in [6.07, 6.45) is 4.85. The number of aliphatic hydroxyl groups is 2. The van der Waals surface area contributed by atoms with Crippen molar-refractivity contribution in [3.63, 3.8) is 0 Å². The average Bonchev–Trinajstić information content (AvgIpc) is 2.80. The van der Waals surface area contributed by atoms with Crippen LogP contribution in [0.25, 0.3) is 0 Å². The normalized spacial score (nSPS) is 9.38. The number of nitrogens with zero attached hydrogens (tertiary/aromatic N) is 3. The molecule has 0 saturated heterocycles. The monoisotopic (exact) mass is 393 g/mol. The van der Waals surface area contributed by atoms with Crippen molar-refractivity contribution in [1.82, 2.24) is 15.0 Å². The van der Waals surface area contributed by atoms with E-state index >= 15 is 0 Å². The number of pyridine rings is 3. The SMILES string of the molecule is CC(=N)c1cccc(CCCO)n1.CO.N=C(c1ccccn1)c1ccccn1. The zero-order chi connectivity index (χ0) is 21.5. The number of hydrogen-bond donors (Lipinski definition) is 4. The molecule has 0 fully saturated rings. The highest BCUT2D eigenvalue weighted by molar-refractivity contribution is 6.08. The third kappa shape index (κ3) is 8.50. The van der Waals surface area contributed by atoms with Gasteiger partial charge in [-0.3, -0.25) is 20.4 Å². The van der Waals surface area contributed by atoms with Gasteiger partial charge in [0.1, 0.15) is 5.71 Å². The van der Waals surface area contributed by atoms with Crippen LogP contribution in [-0.2, 0) is 6.42 Å². The van der Waals surface area contributed by atoms with Crippen LogP contribution in [0.4, 0.5) is 0 Å². The van der Waals surface area contributed by atoms with Gasteiger partial charge in [-0.2, -0.15) is 0 Å². The summed E-state index contributed by atoms with van der Waals surface area (Å²) in [6, 6.07) is 16.6. The van der Waals surface area contributed by atoms with E-state index in [2.05, 4.69) is 15.0 Å². The first kappa shape index (κ1) is 23.7. The van der Waals surface area contributed by atoms with Crippen molar-refractivity contribution in [3.05, 3.63) is 89.8 Å². The van der Waals surface area contributed by atoms with Crippen LogP contribution in [0.2, 0.25) is 0 Å². The van der Waals surface area contributed by atoms with Gasteiger partial charge < -0.3 is 15.6 Å². The molecule has 7 nitrogen and oxygen atoms in total. The lowest BCUT2D eigenvalue weighted by Gasteiger charge is -2.01. The second-order valence-corrected chi connectivity index (χ2v) is 5.77. The summed E-state index contributed by atoms with van der Waals surface area (Å²) in [5, 5.41) is 30.9. The van der Waals surface area contributed by atoms with Gasteiger partial charge in [0.05, 0.1) is 22.8 Å². The van der Waals surface area contributed by atoms with E-state index in [9.17, 15) is 0 Å². The lowest BCUT2D eigenvalue weighted by atomic mass is 10.1. The van der Waals surface area contributed by atoms with Crippen LogP contribution >= 0.6 is 0 Å². The summed E-state index contributed by atoms with van der Waals surface area (Å²) < 4.78 is 0. The quantitative estimate of drug-likeness (QED) is 0.479. The highest BCUT2D eigenvalue weighted by atomic mass is 16.3. The molecule has 0 aliphatic rings. The predicted molar refractivity (Wildman–Crippen MR) is 115 cm³/mol. The molecule has 0 unspecified atom stereocenters.